The van der Waals surface area contributed by atoms with Gasteiger partial charge in [0.1, 0.15) is 0 Å². The molecule has 0 amide bonds. The molecule has 0 aliphatic carbocycles. The van der Waals surface area contributed by atoms with Gasteiger partial charge in [0, 0.05) is 6.26 Å². The Hall–Kier alpha value is -1.01. The van der Waals surface area contributed by atoms with E-state index in [4.69, 9.17) is 0 Å². The molecule has 1 N–H and O–H groups in total. The summed E-state index contributed by atoms with van der Waals surface area (Å²) in [6.07, 6.45) is 1.95. The van der Waals surface area contributed by atoms with E-state index in [-0.39, 0.29) is 0 Å². The van der Waals surface area contributed by atoms with Crippen LogP contribution in [-0.4, -0.2) is 26.0 Å². The van der Waals surface area contributed by atoms with Gasteiger partial charge in [-0.3, -0.25) is 0 Å². The molecule has 1 rings (SSSR count). The van der Waals surface area contributed by atoms with Gasteiger partial charge in [-0.1, -0.05) is 13.0 Å². The van der Waals surface area contributed by atoms with Crippen molar-refractivity contribution in [3.63, 3.8) is 0 Å². The van der Waals surface area contributed by atoms with Crippen LogP contribution < -0.4 is 5.32 Å². The summed E-state index contributed by atoms with van der Waals surface area (Å²) in [5, 5.41) is 3.11. The zero-order valence-corrected chi connectivity index (χ0v) is 13.0. The first-order valence-electron chi connectivity index (χ1n) is 6.49. The zero-order valence-electron chi connectivity index (χ0n) is 12.2. The summed E-state index contributed by atoms with van der Waals surface area (Å²) in [6, 6.07) is 2.88. The normalized spacial score (nSPS) is 14.3. The molecule has 0 radical (unpaired) electrons. The highest BCUT2D eigenvalue weighted by Gasteiger charge is 2.39. The van der Waals surface area contributed by atoms with Gasteiger partial charge >= 0.3 is 0 Å². The Morgan fingerprint density at radius 2 is 1.85 bits per heavy atom. The fraction of sp³-hybridized carbons (Fsp3) is 0.571. The van der Waals surface area contributed by atoms with Gasteiger partial charge in [-0.25, -0.2) is 17.2 Å². The van der Waals surface area contributed by atoms with E-state index in [1.54, 1.807) is 13.8 Å². The highest BCUT2D eigenvalue weighted by atomic mass is 32.2. The average molecular weight is 305 g/mol. The number of halogens is 2. The molecule has 0 spiro atoms. The highest BCUT2D eigenvalue weighted by molar-refractivity contribution is 7.92. The predicted molar refractivity (Wildman–Crippen MR) is 76.3 cm³/mol. The van der Waals surface area contributed by atoms with Crippen LogP contribution in [0.25, 0.3) is 0 Å². The molecule has 1 aromatic rings. The lowest BCUT2D eigenvalue weighted by molar-refractivity contribution is 0.416. The third kappa shape index (κ3) is 3.55. The van der Waals surface area contributed by atoms with E-state index >= 15 is 0 Å². The second-order valence-electron chi connectivity index (χ2n) is 5.44. The van der Waals surface area contributed by atoms with Crippen LogP contribution in [0.5, 0.6) is 0 Å². The van der Waals surface area contributed by atoms with Crippen LogP contribution in [0.2, 0.25) is 0 Å². The minimum atomic E-state index is -3.38. The zero-order chi connectivity index (χ0) is 15.6. The molecular weight excluding hydrogens is 284 g/mol. The Labute approximate surface area is 119 Å². The van der Waals surface area contributed by atoms with Gasteiger partial charge < -0.3 is 5.32 Å². The molecule has 3 nitrogen and oxygen atoms in total. The van der Waals surface area contributed by atoms with Gasteiger partial charge in [0.2, 0.25) is 0 Å². The molecule has 1 aromatic carbocycles. The molecular formula is C14H21F2NO2S. The van der Waals surface area contributed by atoms with E-state index in [1.807, 2.05) is 6.92 Å². The molecule has 0 bridgehead atoms. The van der Waals surface area contributed by atoms with Crippen LogP contribution in [0.1, 0.15) is 38.8 Å². The smallest absolute Gasteiger partial charge is 0.159 e. The van der Waals surface area contributed by atoms with E-state index in [0.29, 0.717) is 12.1 Å². The molecule has 1 unspecified atom stereocenters. The average Bonchev–Trinajstić information content (AvgIpc) is 2.32. The minimum absolute atomic E-state index is 0.424. The number of benzene rings is 1. The molecule has 114 valence electrons. The Bertz CT molecular complexity index is 571. The van der Waals surface area contributed by atoms with Crippen LogP contribution in [0, 0.1) is 11.6 Å². The van der Waals surface area contributed by atoms with Crippen LogP contribution in [0.3, 0.4) is 0 Å². The van der Waals surface area contributed by atoms with E-state index in [0.717, 1.165) is 24.8 Å². The van der Waals surface area contributed by atoms with Crippen molar-refractivity contribution in [2.24, 2.45) is 0 Å². The monoisotopic (exact) mass is 305 g/mol. The maximum Gasteiger partial charge on any atom is 0.159 e. The molecule has 0 heterocycles. The molecule has 0 aliphatic heterocycles. The minimum Gasteiger partial charge on any atom is -0.309 e. The molecule has 0 aliphatic rings. The molecule has 0 fully saturated rings. The molecule has 0 saturated heterocycles. The second-order valence-corrected chi connectivity index (χ2v) is 8.03. The summed E-state index contributed by atoms with van der Waals surface area (Å²) in [5.74, 6) is -1.92. The number of hydrogen-bond acceptors (Lipinski definition) is 3. The number of nitrogens with one attached hydrogen (secondary N) is 1. The quantitative estimate of drug-likeness (QED) is 0.879. The lowest BCUT2D eigenvalue weighted by Crippen LogP contribution is -2.45. The summed E-state index contributed by atoms with van der Waals surface area (Å²) < 4.78 is 49.2. The van der Waals surface area contributed by atoms with Gasteiger partial charge in [0.25, 0.3) is 0 Å². The van der Waals surface area contributed by atoms with Crippen molar-refractivity contribution in [2.45, 2.75) is 38.0 Å². The summed E-state index contributed by atoms with van der Waals surface area (Å²) in [4.78, 5) is 0. The predicted octanol–water partition coefficient (Wildman–Crippen LogP) is 2.83. The van der Waals surface area contributed by atoms with Crippen LogP contribution in [0.15, 0.2) is 18.2 Å². The van der Waals surface area contributed by atoms with Gasteiger partial charge in [-0.15, -0.1) is 0 Å². The largest absolute Gasteiger partial charge is 0.309 e. The number of hydrogen-bond donors (Lipinski definition) is 1. The maximum absolute atomic E-state index is 13.4. The standard InChI is InChI=1S/C14H21F2NO2S/c1-5-8-17-13(14(2,3)20(4,18)19)10-6-7-11(15)12(16)9-10/h6-7,9,13,17H,5,8H2,1-4H3. The third-order valence-corrected chi connectivity index (χ3v) is 5.67. The third-order valence-electron chi connectivity index (χ3n) is 3.53. The Morgan fingerprint density at radius 3 is 2.30 bits per heavy atom. The van der Waals surface area contributed by atoms with Crippen molar-refractivity contribution >= 4 is 9.84 Å². The Kier molecular flexibility index (Phi) is 5.27. The Morgan fingerprint density at radius 1 is 1.25 bits per heavy atom. The molecule has 0 saturated carbocycles. The van der Waals surface area contributed by atoms with E-state index < -0.39 is 32.3 Å². The van der Waals surface area contributed by atoms with Crippen molar-refractivity contribution in [2.75, 3.05) is 12.8 Å². The fourth-order valence-electron chi connectivity index (χ4n) is 1.96. The first-order valence-corrected chi connectivity index (χ1v) is 8.38. The van der Waals surface area contributed by atoms with Gasteiger partial charge in [0.15, 0.2) is 21.5 Å². The van der Waals surface area contributed by atoms with Gasteiger partial charge in [0.05, 0.1) is 10.8 Å². The van der Waals surface area contributed by atoms with Crippen LogP contribution in [-0.2, 0) is 9.84 Å². The lowest BCUT2D eigenvalue weighted by atomic mass is 9.94. The second kappa shape index (κ2) is 6.18. The first kappa shape index (κ1) is 17.0. The van der Waals surface area contributed by atoms with Gasteiger partial charge in [-0.2, -0.15) is 0 Å². The topological polar surface area (TPSA) is 46.2 Å². The van der Waals surface area contributed by atoms with Gasteiger partial charge in [-0.05, 0) is 44.5 Å². The van der Waals surface area contributed by atoms with Crippen LogP contribution in [0.4, 0.5) is 8.78 Å². The van der Waals surface area contributed by atoms with Crippen molar-refractivity contribution < 1.29 is 17.2 Å². The summed E-state index contributed by atoms with van der Waals surface area (Å²) in [7, 11) is -3.38. The van der Waals surface area contributed by atoms with Crippen molar-refractivity contribution in [1.82, 2.24) is 5.32 Å². The summed E-state index contributed by atoms with van der Waals surface area (Å²) in [6.45, 7) is 5.69. The van der Waals surface area contributed by atoms with Crippen molar-refractivity contribution in [3.05, 3.63) is 35.4 Å². The SMILES string of the molecule is CCCNC(c1ccc(F)c(F)c1)C(C)(C)S(C)(=O)=O. The van der Waals surface area contributed by atoms with Crippen LogP contribution >= 0.6 is 0 Å². The maximum atomic E-state index is 13.4. The highest BCUT2D eigenvalue weighted by Crippen LogP contribution is 2.32. The molecule has 0 aromatic heterocycles. The van der Waals surface area contributed by atoms with Crippen molar-refractivity contribution in [1.29, 1.82) is 0 Å². The van der Waals surface area contributed by atoms with E-state index in [1.165, 1.54) is 6.07 Å². The molecule has 6 heteroatoms. The summed E-state index contributed by atoms with van der Waals surface area (Å²) >= 11 is 0. The summed E-state index contributed by atoms with van der Waals surface area (Å²) in [5.41, 5.74) is 0.424. The number of rotatable bonds is 6. The molecule has 1 atom stereocenters. The number of sulfone groups is 1. The van der Waals surface area contributed by atoms with E-state index in [9.17, 15) is 17.2 Å². The fourth-order valence-corrected chi connectivity index (χ4v) is 2.61. The molecule has 20 heavy (non-hydrogen) atoms. The first-order chi connectivity index (χ1) is 9.11. The van der Waals surface area contributed by atoms with Crippen molar-refractivity contribution in [3.8, 4) is 0 Å². The van der Waals surface area contributed by atoms with E-state index in [2.05, 4.69) is 5.32 Å². The lowest BCUT2D eigenvalue weighted by Gasteiger charge is -2.34. The Balaban J connectivity index is 3.28.